The summed E-state index contributed by atoms with van der Waals surface area (Å²) < 4.78 is 23.8. The lowest BCUT2D eigenvalue weighted by Crippen LogP contribution is -2.66. The Morgan fingerprint density at radius 2 is 1.71 bits per heavy atom. The van der Waals surface area contributed by atoms with Gasteiger partial charge in [0.25, 0.3) is 0 Å². The third kappa shape index (κ3) is 8.72. The molecule has 3 fully saturated rings. The summed E-state index contributed by atoms with van der Waals surface area (Å²) in [4.78, 5) is 12.7. The first-order chi connectivity index (χ1) is 19.9. The van der Waals surface area contributed by atoms with Gasteiger partial charge >= 0.3 is 0 Å². The number of carbonyl (C=O) groups excluding carboxylic acids is 1. The Hall–Kier alpha value is -1.17. The number of carbonyl (C=O) groups is 1. The Labute approximate surface area is 243 Å². The molecule has 1 amide bonds. The SMILES string of the molecule is NCCN(O)C(=O)C[C@@H]1C[C@H](N)C(O[C@H]2O[C@H](CN)CC[C@H]2NCC(N)O)[C@H](O)[C@H]1O[C@H]1O[C@H](CO)[C@@H](O)[C@H](N)[C@H]1O. The van der Waals surface area contributed by atoms with E-state index in [0.29, 0.717) is 17.9 Å². The van der Waals surface area contributed by atoms with Crippen molar-refractivity contribution in [3.05, 3.63) is 0 Å². The number of aliphatic hydroxyl groups excluding tert-OH is 5. The molecule has 2 heterocycles. The minimum absolute atomic E-state index is 0.0112. The molecule has 1 saturated carbocycles. The zero-order valence-corrected chi connectivity index (χ0v) is 23.5. The topological polar surface area (TPSA) is 321 Å². The maximum Gasteiger partial charge on any atom is 0.246 e. The molecule has 0 spiro atoms. The maximum atomic E-state index is 12.7. The van der Waals surface area contributed by atoms with Crippen molar-refractivity contribution < 1.29 is 54.5 Å². The highest BCUT2D eigenvalue weighted by atomic mass is 16.7. The van der Waals surface area contributed by atoms with E-state index in [2.05, 4.69) is 5.32 Å². The highest BCUT2D eigenvalue weighted by Gasteiger charge is 2.51. The monoisotopic (exact) mass is 611 g/mol. The van der Waals surface area contributed by atoms with Gasteiger partial charge in [0.2, 0.25) is 5.91 Å². The molecule has 42 heavy (non-hydrogen) atoms. The fraction of sp³-hybridized carbons (Fsp3) is 0.958. The van der Waals surface area contributed by atoms with Gasteiger partial charge in [-0.3, -0.25) is 10.0 Å². The lowest BCUT2D eigenvalue weighted by Gasteiger charge is -2.48. The van der Waals surface area contributed by atoms with Crippen LogP contribution in [0.1, 0.15) is 25.7 Å². The van der Waals surface area contributed by atoms with Gasteiger partial charge in [-0.15, -0.1) is 0 Å². The van der Waals surface area contributed by atoms with Gasteiger partial charge in [0.05, 0.1) is 37.4 Å². The summed E-state index contributed by atoms with van der Waals surface area (Å²) in [7, 11) is 0. The van der Waals surface area contributed by atoms with Crippen LogP contribution in [-0.2, 0) is 23.7 Å². The van der Waals surface area contributed by atoms with E-state index in [0.717, 1.165) is 0 Å². The molecule has 3 rings (SSSR count). The summed E-state index contributed by atoms with van der Waals surface area (Å²) in [5.74, 6) is -1.50. The Morgan fingerprint density at radius 3 is 2.33 bits per heavy atom. The molecule has 14 atom stereocenters. The molecule has 2 unspecified atom stereocenters. The van der Waals surface area contributed by atoms with Crippen LogP contribution in [0.5, 0.6) is 0 Å². The fourth-order valence-electron chi connectivity index (χ4n) is 5.65. The highest BCUT2D eigenvalue weighted by Crippen LogP contribution is 2.36. The highest BCUT2D eigenvalue weighted by molar-refractivity contribution is 5.75. The summed E-state index contributed by atoms with van der Waals surface area (Å²) in [6, 6.07) is -2.52. The van der Waals surface area contributed by atoms with Gasteiger partial charge in [0, 0.05) is 32.1 Å². The molecule has 0 aromatic carbocycles. The van der Waals surface area contributed by atoms with E-state index < -0.39 is 92.0 Å². The van der Waals surface area contributed by atoms with Crippen LogP contribution >= 0.6 is 0 Å². The van der Waals surface area contributed by atoms with Crippen molar-refractivity contribution in [1.29, 1.82) is 0 Å². The van der Waals surface area contributed by atoms with E-state index in [-0.39, 0.29) is 45.1 Å². The number of nitrogens with two attached hydrogens (primary N) is 5. The number of ether oxygens (including phenoxy) is 4. The third-order valence-corrected chi connectivity index (χ3v) is 8.03. The van der Waals surface area contributed by atoms with E-state index in [1.807, 2.05) is 0 Å². The number of nitrogens with zero attached hydrogens (tertiary/aromatic N) is 1. The van der Waals surface area contributed by atoms with Crippen LogP contribution < -0.4 is 34.0 Å². The fourth-order valence-corrected chi connectivity index (χ4v) is 5.65. The van der Waals surface area contributed by atoms with Gasteiger partial charge in [0.15, 0.2) is 12.6 Å². The molecule has 2 saturated heterocycles. The van der Waals surface area contributed by atoms with Crippen molar-refractivity contribution in [2.24, 2.45) is 34.6 Å². The zero-order valence-electron chi connectivity index (χ0n) is 23.5. The quantitative estimate of drug-likeness (QED) is 0.0523. The number of nitrogens with one attached hydrogen (secondary N) is 1. The van der Waals surface area contributed by atoms with Crippen LogP contribution in [0.15, 0.2) is 0 Å². The summed E-state index contributed by atoms with van der Waals surface area (Å²) in [6.45, 7) is -0.473. The number of hydroxylamine groups is 2. The third-order valence-electron chi connectivity index (χ3n) is 8.03. The second-order valence-electron chi connectivity index (χ2n) is 11.2. The van der Waals surface area contributed by atoms with Crippen molar-refractivity contribution in [2.45, 2.75) is 105 Å². The Morgan fingerprint density at radius 1 is 1.02 bits per heavy atom. The van der Waals surface area contributed by atoms with Crippen molar-refractivity contribution >= 4 is 5.91 Å². The molecule has 0 aromatic rings. The van der Waals surface area contributed by atoms with Crippen molar-refractivity contribution in [1.82, 2.24) is 10.4 Å². The van der Waals surface area contributed by atoms with E-state index in [1.54, 1.807) is 0 Å². The molecule has 1 aliphatic carbocycles. The molecule has 2 aliphatic heterocycles. The largest absolute Gasteiger partial charge is 0.394 e. The average molecular weight is 612 g/mol. The molecule has 18 heteroatoms. The van der Waals surface area contributed by atoms with Crippen molar-refractivity contribution in [3.8, 4) is 0 Å². The van der Waals surface area contributed by atoms with Crippen LogP contribution in [0.25, 0.3) is 0 Å². The van der Waals surface area contributed by atoms with Crippen LogP contribution in [0.3, 0.4) is 0 Å². The average Bonchev–Trinajstić information content (AvgIpc) is 2.96. The number of hydrogen-bond acceptors (Lipinski definition) is 17. The standard InChI is InChI=1S/C24H49N7O11/c25-3-4-31(38)16(34)6-10-5-12(27)22(42-23-13(30-8-15(28)33)2-1-11(7-26)39-23)20(37)21(10)41-24-19(36)17(29)18(35)14(9-32)40-24/h10-15,17-24,30,32-33,35-38H,1-9,25-29H2/t10-,11-,12-,13+,14+,15?,17-,18+,19+,20+,21-,22?,23+,24+/m0/s1. The van der Waals surface area contributed by atoms with Gasteiger partial charge in [-0.2, -0.15) is 0 Å². The first-order valence-electron chi connectivity index (χ1n) is 14.3. The van der Waals surface area contributed by atoms with Gasteiger partial charge in [-0.1, -0.05) is 0 Å². The van der Waals surface area contributed by atoms with Crippen LogP contribution in [0.2, 0.25) is 0 Å². The summed E-state index contributed by atoms with van der Waals surface area (Å²) in [5, 5.41) is 65.2. The predicted molar refractivity (Wildman–Crippen MR) is 144 cm³/mol. The van der Waals surface area contributed by atoms with E-state index in [1.165, 1.54) is 0 Å². The molecular formula is C24H49N7O11. The molecule has 17 N–H and O–H groups in total. The molecule has 246 valence electrons. The minimum atomic E-state index is -1.56. The molecule has 0 radical (unpaired) electrons. The number of aliphatic hydroxyl groups is 5. The van der Waals surface area contributed by atoms with Crippen molar-refractivity contribution in [3.63, 3.8) is 0 Å². The van der Waals surface area contributed by atoms with E-state index >= 15 is 0 Å². The predicted octanol–water partition coefficient (Wildman–Crippen LogP) is -6.50. The second-order valence-corrected chi connectivity index (χ2v) is 11.2. The minimum Gasteiger partial charge on any atom is -0.394 e. The Bertz CT molecular complexity index is 834. The summed E-state index contributed by atoms with van der Waals surface area (Å²) in [6.07, 6.45) is -11.0. The van der Waals surface area contributed by atoms with Gasteiger partial charge in [-0.25, -0.2) is 5.06 Å². The lowest BCUT2D eigenvalue weighted by molar-refractivity contribution is -0.318. The van der Waals surface area contributed by atoms with Crippen LogP contribution in [0.4, 0.5) is 0 Å². The summed E-state index contributed by atoms with van der Waals surface area (Å²) in [5.41, 5.74) is 29.1. The molecule has 0 bridgehead atoms. The number of amides is 1. The first kappa shape index (κ1) is 35.3. The molecule has 0 aromatic heterocycles. The Kier molecular flexibility index (Phi) is 13.6. The molecule has 18 nitrogen and oxygen atoms in total. The van der Waals surface area contributed by atoms with Crippen molar-refractivity contribution in [2.75, 3.05) is 32.8 Å². The van der Waals surface area contributed by atoms with Gasteiger partial charge in [0.1, 0.15) is 36.7 Å². The molecular weight excluding hydrogens is 562 g/mol. The van der Waals surface area contributed by atoms with Crippen LogP contribution in [-0.4, -0.2) is 154 Å². The molecule has 3 aliphatic rings. The number of rotatable bonds is 13. The Balaban J connectivity index is 1.84. The normalized spacial score (nSPS) is 41.8. The van der Waals surface area contributed by atoms with Gasteiger partial charge in [-0.05, 0) is 25.2 Å². The zero-order chi connectivity index (χ0) is 31.1. The maximum absolute atomic E-state index is 12.7. The second kappa shape index (κ2) is 16.2. The van der Waals surface area contributed by atoms with Crippen LogP contribution in [0, 0.1) is 5.92 Å². The number of hydrogen-bond donors (Lipinski definition) is 12. The van der Waals surface area contributed by atoms with E-state index in [9.17, 15) is 35.5 Å². The summed E-state index contributed by atoms with van der Waals surface area (Å²) >= 11 is 0. The van der Waals surface area contributed by atoms with E-state index in [4.69, 9.17) is 47.6 Å². The smallest absolute Gasteiger partial charge is 0.246 e. The lowest BCUT2D eigenvalue weighted by atomic mass is 9.77. The van der Waals surface area contributed by atoms with Gasteiger partial charge < -0.3 is 78.5 Å². The first-order valence-corrected chi connectivity index (χ1v) is 14.3.